The Morgan fingerprint density at radius 2 is 1.84 bits per heavy atom. The van der Waals surface area contributed by atoms with Crippen molar-refractivity contribution in [3.63, 3.8) is 0 Å². The highest BCUT2D eigenvalue weighted by molar-refractivity contribution is 9.10. The third-order valence-corrected chi connectivity index (χ3v) is 5.43. The summed E-state index contributed by atoms with van der Waals surface area (Å²) in [7, 11) is 0. The quantitative estimate of drug-likeness (QED) is 0.870. The van der Waals surface area contributed by atoms with Gasteiger partial charge in [0, 0.05) is 16.7 Å². The van der Waals surface area contributed by atoms with Crippen LogP contribution in [0.2, 0.25) is 0 Å². The number of hydrogen-bond donors (Lipinski definition) is 2. The lowest BCUT2D eigenvalue weighted by Crippen LogP contribution is -2.09. The highest BCUT2D eigenvalue weighted by Crippen LogP contribution is 2.68. The molecule has 4 heteroatoms. The second-order valence-electron chi connectivity index (χ2n) is 6.41. The van der Waals surface area contributed by atoms with Crippen molar-refractivity contribution in [1.82, 2.24) is 0 Å². The predicted octanol–water partition coefficient (Wildman–Crippen LogP) is 4.24. The molecule has 0 aromatic heterocycles. The maximum atomic E-state index is 11.0. The molecular weight excluding hydrogens is 306 g/mol. The Balaban J connectivity index is 2.07. The van der Waals surface area contributed by atoms with E-state index < -0.39 is 5.97 Å². The molecule has 1 aromatic rings. The fraction of sp³-hybridized carbons (Fsp3) is 0.533. The minimum absolute atomic E-state index is 0.297. The van der Waals surface area contributed by atoms with Gasteiger partial charge in [0.2, 0.25) is 0 Å². The normalized spacial score (nSPS) is 20.1. The number of carboxylic acid groups (broad SMARTS) is 1. The summed E-state index contributed by atoms with van der Waals surface area (Å²) in [5.74, 6) is -0.302. The Hall–Kier alpha value is -1.03. The first kappa shape index (κ1) is 14.4. The van der Waals surface area contributed by atoms with Crippen LogP contribution in [0.1, 0.15) is 38.1 Å². The third-order valence-electron chi connectivity index (χ3n) is 4.97. The van der Waals surface area contributed by atoms with E-state index in [0.717, 1.165) is 16.7 Å². The molecule has 0 atom stereocenters. The van der Waals surface area contributed by atoms with E-state index in [4.69, 9.17) is 5.11 Å². The van der Waals surface area contributed by atoms with Crippen LogP contribution in [0.4, 0.5) is 5.69 Å². The van der Waals surface area contributed by atoms with Crippen LogP contribution in [-0.2, 0) is 0 Å². The minimum Gasteiger partial charge on any atom is -0.478 e. The zero-order valence-electron chi connectivity index (χ0n) is 11.7. The fourth-order valence-electron chi connectivity index (χ4n) is 2.88. The van der Waals surface area contributed by atoms with Gasteiger partial charge in [0.25, 0.3) is 0 Å². The van der Waals surface area contributed by atoms with E-state index in [2.05, 4.69) is 48.9 Å². The van der Waals surface area contributed by atoms with Gasteiger partial charge >= 0.3 is 5.97 Å². The summed E-state index contributed by atoms with van der Waals surface area (Å²) >= 11 is 3.35. The first-order valence-corrected chi connectivity index (χ1v) is 7.23. The van der Waals surface area contributed by atoms with Crippen LogP contribution in [0.3, 0.4) is 0 Å². The van der Waals surface area contributed by atoms with Gasteiger partial charge in [-0.3, -0.25) is 0 Å². The lowest BCUT2D eigenvalue weighted by Gasteiger charge is -2.09. The summed E-state index contributed by atoms with van der Waals surface area (Å²) in [5, 5.41) is 12.4. The van der Waals surface area contributed by atoms with Gasteiger partial charge in [0.15, 0.2) is 0 Å². The van der Waals surface area contributed by atoms with E-state index in [1.54, 1.807) is 12.1 Å². The number of rotatable bonds is 4. The van der Waals surface area contributed by atoms with Gasteiger partial charge < -0.3 is 10.4 Å². The average Bonchev–Trinajstić information content (AvgIpc) is 2.66. The highest BCUT2D eigenvalue weighted by atomic mass is 79.9. The second kappa shape index (κ2) is 4.51. The Kier molecular flexibility index (Phi) is 3.42. The molecule has 0 radical (unpaired) electrons. The number of nitrogens with one attached hydrogen (secondary N) is 1. The largest absolute Gasteiger partial charge is 0.478 e. The van der Waals surface area contributed by atoms with Crippen molar-refractivity contribution < 1.29 is 9.90 Å². The first-order chi connectivity index (χ1) is 8.66. The molecule has 0 saturated heterocycles. The van der Waals surface area contributed by atoms with Crippen molar-refractivity contribution in [2.45, 2.75) is 27.7 Å². The van der Waals surface area contributed by atoms with E-state index >= 15 is 0 Å². The predicted molar refractivity (Wildman–Crippen MR) is 80.6 cm³/mol. The first-order valence-electron chi connectivity index (χ1n) is 6.44. The number of halogens is 1. The average molecular weight is 326 g/mol. The molecule has 1 aliphatic rings. The van der Waals surface area contributed by atoms with Crippen molar-refractivity contribution in [2.24, 2.45) is 16.7 Å². The van der Waals surface area contributed by atoms with Gasteiger partial charge in [-0.05, 0) is 34.9 Å². The van der Waals surface area contributed by atoms with Crippen LogP contribution >= 0.6 is 15.9 Å². The van der Waals surface area contributed by atoms with Crippen LogP contribution < -0.4 is 5.32 Å². The molecule has 0 bridgehead atoms. The number of anilines is 1. The molecule has 1 fully saturated rings. The molecule has 1 aliphatic carbocycles. The lowest BCUT2D eigenvalue weighted by molar-refractivity contribution is 0.0697. The smallest absolute Gasteiger partial charge is 0.335 e. The molecule has 19 heavy (non-hydrogen) atoms. The zero-order chi connectivity index (χ0) is 14.4. The molecule has 1 saturated carbocycles. The monoisotopic (exact) mass is 325 g/mol. The second-order valence-corrected chi connectivity index (χ2v) is 7.33. The van der Waals surface area contributed by atoms with Crippen LogP contribution in [-0.4, -0.2) is 17.6 Å². The summed E-state index contributed by atoms with van der Waals surface area (Å²) in [6.45, 7) is 9.99. The van der Waals surface area contributed by atoms with Gasteiger partial charge in [-0.25, -0.2) is 4.79 Å². The molecule has 2 N–H and O–H groups in total. The maximum absolute atomic E-state index is 11.0. The summed E-state index contributed by atoms with van der Waals surface area (Å²) in [5.41, 5.74) is 1.82. The van der Waals surface area contributed by atoms with Crippen LogP contribution in [0.15, 0.2) is 22.7 Å². The molecule has 0 amide bonds. The van der Waals surface area contributed by atoms with E-state index in [-0.39, 0.29) is 0 Å². The molecule has 1 aromatic carbocycles. The number of hydrogen-bond acceptors (Lipinski definition) is 2. The number of carbonyl (C=O) groups is 1. The number of aromatic carboxylic acids is 1. The molecule has 2 rings (SSSR count). The van der Waals surface area contributed by atoms with Crippen molar-refractivity contribution in [2.75, 3.05) is 11.9 Å². The summed E-state index contributed by atoms with van der Waals surface area (Å²) < 4.78 is 0.782. The standard InChI is InChI=1S/C15H20BrNO2/c1-14(2)12(15(14,3)4)8-17-11-6-9(13(18)19)5-10(16)7-11/h5-7,12,17H,8H2,1-4H3,(H,18,19). The Labute approximate surface area is 122 Å². The van der Waals surface area contributed by atoms with E-state index in [9.17, 15) is 4.79 Å². The fourth-order valence-corrected chi connectivity index (χ4v) is 3.37. The molecular formula is C15H20BrNO2. The zero-order valence-corrected chi connectivity index (χ0v) is 13.3. The topological polar surface area (TPSA) is 49.3 Å². The number of benzene rings is 1. The lowest BCUT2D eigenvalue weighted by atomic mass is 10.0. The molecule has 0 aliphatic heterocycles. The van der Waals surface area contributed by atoms with Crippen LogP contribution in [0.5, 0.6) is 0 Å². The van der Waals surface area contributed by atoms with Crippen molar-refractivity contribution >= 4 is 27.6 Å². The van der Waals surface area contributed by atoms with Gasteiger partial charge in [-0.15, -0.1) is 0 Å². The van der Waals surface area contributed by atoms with Gasteiger partial charge in [0.1, 0.15) is 0 Å². The van der Waals surface area contributed by atoms with E-state index in [0.29, 0.717) is 22.3 Å². The summed E-state index contributed by atoms with van der Waals surface area (Å²) in [6, 6.07) is 5.20. The van der Waals surface area contributed by atoms with E-state index in [1.165, 1.54) is 0 Å². The molecule has 3 nitrogen and oxygen atoms in total. The highest BCUT2D eigenvalue weighted by Gasteiger charge is 2.63. The summed E-state index contributed by atoms with van der Waals surface area (Å²) in [6.07, 6.45) is 0. The van der Waals surface area contributed by atoms with Crippen molar-refractivity contribution in [1.29, 1.82) is 0 Å². The molecule has 0 spiro atoms. The van der Waals surface area contributed by atoms with Crippen LogP contribution in [0.25, 0.3) is 0 Å². The molecule has 0 heterocycles. The Bertz CT molecular complexity index is 509. The third kappa shape index (κ3) is 2.50. The Morgan fingerprint density at radius 3 is 2.32 bits per heavy atom. The van der Waals surface area contributed by atoms with Gasteiger partial charge in [-0.2, -0.15) is 0 Å². The molecule has 0 unspecified atom stereocenters. The summed E-state index contributed by atoms with van der Waals surface area (Å²) in [4.78, 5) is 11.0. The van der Waals surface area contributed by atoms with Crippen molar-refractivity contribution in [3.05, 3.63) is 28.2 Å². The number of carboxylic acids is 1. The van der Waals surface area contributed by atoms with Gasteiger partial charge in [-0.1, -0.05) is 43.6 Å². The van der Waals surface area contributed by atoms with E-state index in [1.807, 2.05) is 6.07 Å². The minimum atomic E-state index is -0.906. The molecule has 104 valence electrons. The SMILES string of the molecule is CC1(C)C(CNc2cc(Br)cc(C(=O)O)c2)C1(C)C. The Morgan fingerprint density at radius 1 is 1.26 bits per heavy atom. The maximum Gasteiger partial charge on any atom is 0.335 e. The van der Waals surface area contributed by atoms with Gasteiger partial charge in [0.05, 0.1) is 5.56 Å². The van der Waals surface area contributed by atoms with Crippen LogP contribution in [0, 0.1) is 16.7 Å². The van der Waals surface area contributed by atoms with Crippen molar-refractivity contribution in [3.8, 4) is 0 Å².